The van der Waals surface area contributed by atoms with Crippen LogP contribution in [0.15, 0.2) is 42.5 Å². The Kier molecular flexibility index (Phi) is 10.9. The highest BCUT2D eigenvalue weighted by molar-refractivity contribution is 5.94. The average molecular weight is 612 g/mol. The molecule has 4 rings (SSSR count). The summed E-state index contributed by atoms with van der Waals surface area (Å²) in [5.41, 5.74) is 2.82. The lowest BCUT2D eigenvalue weighted by Gasteiger charge is -2.45. The van der Waals surface area contributed by atoms with E-state index in [1.807, 2.05) is 44.1 Å². The van der Waals surface area contributed by atoms with Crippen molar-refractivity contribution < 1.29 is 34.8 Å². The van der Waals surface area contributed by atoms with Crippen LogP contribution in [0.3, 0.4) is 0 Å². The van der Waals surface area contributed by atoms with E-state index >= 15 is 0 Å². The van der Waals surface area contributed by atoms with Crippen molar-refractivity contribution in [3.63, 3.8) is 0 Å². The number of carbonyl (C=O) groups is 2. The third kappa shape index (κ3) is 8.44. The van der Waals surface area contributed by atoms with Gasteiger partial charge in [0.1, 0.15) is 36.1 Å². The number of amides is 2. The van der Waals surface area contributed by atoms with Gasteiger partial charge in [0, 0.05) is 19.5 Å². The number of carbonyl (C=O) groups excluding carboxylic acids is 2. The minimum absolute atomic E-state index is 0.0961. The van der Waals surface area contributed by atoms with E-state index in [1.165, 1.54) is 13.8 Å². The number of ether oxygens (including phenoxy) is 1. The number of nitrogens with zero attached hydrogens (tertiary/aromatic N) is 1. The van der Waals surface area contributed by atoms with E-state index in [0.29, 0.717) is 44.2 Å². The van der Waals surface area contributed by atoms with Gasteiger partial charge in [0.05, 0.1) is 5.60 Å². The molecule has 2 aromatic carbocycles. The highest BCUT2D eigenvalue weighted by atomic mass is 16.5. The van der Waals surface area contributed by atoms with Gasteiger partial charge in [-0.25, -0.2) is 0 Å². The fourth-order valence-electron chi connectivity index (χ4n) is 5.72. The van der Waals surface area contributed by atoms with E-state index < -0.39 is 41.7 Å². The lowest BCUT2D eigenvalue weighted by atomic mass is 9.84. The van der Waals surface area contributed by atoms with Crippen LogP contribution in [0.1, 0.15) is 73.5 Å². The van der Waals surface area contributed by atoms with Gasteiger partial charge in [0.2, 0.25) is 11.8 Å². The van der Waals surface area contributed by atoms with Gasteiger partial charge in [-0.15, -0.1) is 0 Å². The highest BCUT2D eigenvalue weighted by Crippen LogP contribution is 2.37. The maximum absolute atomic E-state index is 12.6. The summed E-state index contributed by atoms with van der Waals surface area (Å²) in [6.07, 6.45) is -2.41. The highest BCUT2D eigenvalue weighted by Gasteiger charge is 2.51. The SMILES string of the molecule is Cc1ccc([C@@H]2O[C@H](C(C)(C)O)[C@@H](O)[C@H](O)[C@H]2O)cc1Cc1ccc(CCCC(=O)NC2(C(=O)NCCN(C)C)CC2)cc1. The minimum atomic E-state index is -1.46. The third-order valence-corrected chi connectivity index (χ3v) is 8.71. The molecule has 2 aliphatic rings. The first-order valence-electron chi connectivity index (χ1n) is 15.5. The summed E-state index contributed by atoms with van der Waals surface area (Å²) in [5.74, 6) is -0.193. The standard InChI is InChI=1S/C34H49N3O7/c1-21-9-14-24(30-28(40)27(39)29(41)31(44-30)33(2,3)43)20-25(21)19-23-12-10-22(11-13-23)7-6-8-26(38)36-34(15-16-34)32(42)35-17-18-37(4)5/h9-14,20,27-31,39-41,43H,6-8,15-19H2,1-5H3,(H,35,42)(H,36,38)/t27-,28-,29+,30+,31+/m1/s1. The van der Waals surface area contributed by atoms with Gasteiger partial charge in [0.25, 0.3) is 0 Å². The van der Waals surface area contributed by atoms with Crippen molar-refractivity contribution in [1.82, 2.24) is 15.5 Å². The second kappa shape index (κ2) is 14.1. The molecule has 44 heavy (non-hydrogen) atoms. The molecule has 10 heteroatoms. The molecule has 1 saturated carbocycles. The largest absolute Gasteiger partial charge is 0.388 e. The molecule has 0 spiro atoms. The quantitative estimate of drug-likeness (QED) is 0.200. The number of nitrogens with one attached hydrogen (secondary N) is 2. The van der Waals surface area contributed by atoms with E-state index in [2.05, 4.69) is 34.9 Å². The molecule has 2 amide bonds. The zero-order chi connectivity index (χ0) is 32.2. The molecule has 6 N–H and O–H groups in total. The Hall–Kier alpha value is -2.86. The summed E-state index contributed by atoms with van der Waals surface area (Å²) in [6.45, 7) is 6.32. The Morgan fingerprint density at radius 3 is 2.27 bits per heavy atom. The van der Waals surface area contributed by atoms with E-state index in [9.17, 15) is 30.0 Å². The fourth-order valence-corrected chi connectivity index (χ4v) is 5.72. The Bertz CT molecular complexity index is 1290. The van der Waals surface area contributed by atoms with Crippen molar-refractivity contribution in [2.45, 2.75) is 101 Å². The zero-order valence-corrected chi connectivity index (χ0v) is 26.5. The van der Waals surface area contributed by atoms with Gasteiger partial charge >= 0.3 is 0 Å². The average Bonchev–Trinajstić information content (AvgIpc) is 3.73. The number of aryl methyl sites for hydroxylation is 2. The summed E-state index contributed by atoms with van der Waals surface area (Å²) in [6, 6.07) is 14.0. The lowest BCUT2D eigenvalue weighted by molar-refractivity contribution is -0.261. The lowest BCUT2D eigenvalue weighted by Crippen LogP contribution is -2.60. The molecule has 0 bridgehead atoms. The van der Waals surface area contributed by atoms with Crippen molar-refractivity contribution in [3.8, 4) is 0 Å². The number of benzene rings is 2. The predicted octanol–water partition coefficient (Wildman–Crippen LogP) is 1.53. The van der Waals surface area contributed by atoms with Crippen molar-refractivity contribution >= 4 is 11.8 Å². The van der Waals surface area contributed by atoms with Gasteiger partial charge < -0.3 is 40.7 Å². The van der Waals surface area contributed by atoms with Crippen LogP contribution in [0.5, 0.6) is 0 Å². The van der Waals surface area contributed by atoms with Crippen LogP contribution < -0.4 is 10.6 Å². The van der Waals surface area contributed by atoms with Crippen molar-refractivity contribution in [3.05, 3.63) is 70.3 Å². The summed E-state index contributed by atoms with van der Waals surface area (Å²) < 4.78 is 5.95. The van der Waals surface area contributed by atoms with E-state index in [-0.39, 0.29) is 11.8 Å². The fraction of sp³-hybridized carbons (Fsp3) is 0.588. The number of aliphatic hydroxyl groups is 4. The number of hydrogen-bond donors (Lipinski definition) is 6. The van der Waals surface area contributed by atoms with Crippen LogP contribution in [0.4, 0.5) is 0 Å². The first-order valence-corrected chi connectivity index (χ1v) is 15.5. The van der Waals surface area contributed by atoms with Crippen LogP contribution in [-0.2, 0) is 27.2 Å². The molecule has 0 unspecified atom stereocenters. The Morgan fingerprint density at radius 2 is 1.66 bits per heavy atom. The first-order chi connectivity index (χ1) is 20.7. The van der Waals surface area contributed by atoms with E-state index in [4.69, 9.17) is 4.74 Å². The van der Waals surface area contributed by atoms with E-state index in [0.717, 1.165) is 35.2 Å². The topological polar surface area (TPSA) is 152 Å². The summed E-state index contributed by atoms with van der Waals surface area (Å²) >= 11 is 0. The van der Waals surface area contributed by atoms with Gasteiger partial charge in [-0.2, -0.15) is 0 Å². The molecule has 1 aliphatic carbocycles. The molecule has 5 atom stereocenters. The van der Waals surface area contributed by atoms with Crippen molar-refractivity contribution in [2.75, 3.05) is 27.2 Å². The Labute approximate surface area is 260 Å². The number of hydrogen-bond acceptors (Lipinski definition) is 8. The Balaban J connectivity index is 1.30. The molecule has 2 aromatic rings. The molecular formula is C34H49N3O7. The Morgan fingerprint density at radius 1 is 1.00 bits per heavy atom. The van der Waals surface area contributed by atoms with Crippen LogP contribution in [0, 0.1) is 6.92 Å². The number of rotatable bonds is 13. The molecule has 1 saturated heterocycles. The van der Waals surface area contributed by atoms with Crippen LogP contribution >= 0.6 is 0 Å². The summed E-state index contributed by atoms with van der Waals surface area (Å²) in [7, 11) is 3.90. The molecule has 0 aromatic heterocycles. The minimum Gasteiger partial charge on any atom is -0.388 e. The molecule has 0 radical (unpaired) electrons. The second-order valence-electron chi connectivity index (χ2n) is 13.3. The number of likely N-dealkylation sites (N-methyl/N-ethyl adjacent to an activating group) is 1. The molecule has 2 fully saturated rings. The molecule has 242 valence electrons. The molecule has 1 heterocycles. The normalized spacial score (nSPS) is 24.6. The van der Waals surface area contributed by atoms with Crippen LogP contribution in [-0.4, -0.2) is 99.9 Å². The van der Waals surface area contributed by atoms with Gasteiger partial charge in [-0.1, -0.05) is 42.5 Å². The summed E-state index contributed by atoms with van der Waals surface area (Å²) in [5, 5.41) is 47.9. The molecular weight excluding hydrogens is 562 g/mol. The van der Waals surface area contributed by atoms with Gasteiger partial charge in [-0.3, -0.25) is 9.59 Å². The maximum Gasteiger partial charge on any atom is 0.245 e. The maximum atomic E-state index is 12.6. The van der Waals surface area contributed by atoms with E-state index in [1.54, 1.807) is 0 Å². The van der Waals surface area contributed by atoms with Crippen molar-refractivity contribution in [2.24, 2.45) is 0 Å². The van der Waals surface area contributed by atoms with Crippen LogP contribution in [0.25, 0.3) is 0 Å². The third-order valence-electron chi connectivity index (χ3n) is 8.71. The smallest absolute Gasteiger partial charge is 0.245 e. The van der Waals surface area contributed by atoms with Crippen molar-refractivity contribution in [1.29, 1.82) is 0 Å². The molecule has 10 nitrogen and oxygen atoms in total. The van der Waals surface area contributed by atoms with Gasteiger partial charge in [-0.05, 0) is 94.8 Å². The predicted molar refractivity (Wildman–Crippen MR) is 167 cm³/mol. The zero-order valence-electron chi connectivity index (χ0n) is 26.5. The second-order valence-corrected chi connectivity index (χ2v) is 13.3. The van der Waals surface area contributed by atoms with Gasteiger partial charge in [0.15, 0.2) is 0 Å². The van der Waals surface area contributed by atoms with Crippen LogP contribution in [0.2, 0.25) is 0 Å². The monoisotopic (exact) mass is 611 g/mol. The number of aliphatic hydroxyl groups excluding tert-OH is 3. The summed E-state index contributed by atoms with van der Waals surface area (Å²) in [4.78, 5) is 27.1. The molecule has 1 aliphatic heterocycles. The first kappa shape index (κ1) is 34.0.